The average molecular weight is 264 g/mol. The highest BCUT2D eigenvalue weighted by molar-refractivity contribution is 5.07. The van der Waals surface area contributed by atoms with E-state index in [4.69, 9.17) is 5.73 Å². The monoisotopic (exact) mass is 264 g/mol. The third kappa shape index (κ3) is 8.17. The summed E-state index contributed by atoms with van der Waals surface area (Å²) in [7, 11) is 0. The Morgan fingerprint density at radius 1 is 1.22 bits per heavy atom. The zero-order valence-corrected chi connectivity index (χ0v) is 10.9. The molecule has 0 heterocycles. The van der Waals surface area contributed by atoms with Crippen LogP contribution in [-0.2, 0) is 0 Å². The van der Waals surface area contributed by atoms with Gasteiger partial charge < -0.3 is 11.1 Å². The normalized spacial score (nSPS) is 12.6. The lowest BCUT2D eigenvalue weighted by Crippen LogP contribution is -2.17. The predicted octanol–water partition coefficient (Wildman–Crippen LogP) is 3.51. The topological polar surface area (TPSA) is 38.0 Å². The highest BCUT2D eigenvalue weighted by Crippen LogP contribution is 2.28. The molecule has 0 aliphatic rings. The van der Waals surface area contributed by atoms with Crippen molar-refractivity contribution < 1.29 is 13.2 Å². The Balaban J connectivity index is 3.82. The average Bonchev–Trinajstić information content (AvgIpc) is 2.31. The summed E-state index contributed by atoms with van der Waals surface area (Å²) >= 11 is 0. The Bertz CT molecular complexity index is 270. The number of nitrogens with one attached hydrogen (secondary N) is 1. The molecule has 0 fully saturated rings. The van der Waals surface area contributed by atoms with Crippen LogP contribution in [0.4, 0.5) is 13.2 Å². The van der Waals surface area contributed by atoms with E-state index in [0.717, 1.165) is 31.5 Å². The largest absolute Gasteiger partial charge is 0.412 e. The number of hydrogen-bond acceptors (Lipinski definition) is 2. The molecule has 0 aromatic heterocycles. The molecule has 2 nitrogen and oxygen atoms in total. The van der Waals surface area contributed by atoms with Crippen molar-refractivity contribution in [1.82, 2.24) is 5.32 Å². The molecule has 5 heteroatoms. The molecule has 0 saturated carbocycles. The standard InChI is InChI=1S/C13H23F3N2/c1-3-12(18-10-6-4-5-9-17)8-7-11(2)13(14,15)16/h3,18H,2,4-10,17H2,1H3/b12-3+. The van der Waals surface area contributed by atoms with E-state index < -0.39 is 11.7 Å². The van der Waals surface area contributed by atoms with Crippen LogP contribution >= 0.6 is 0 Å². The van der Waals surface area contributed by atoms with E-state index in [1.165, 1.54) is 0 Å². The molecule has 0 aliphatic heterocycles. The minimum absolute atomic E-state index is 0.0566. The summed E-state index contributed by atoms with van der Waals surface area (Å²) in [5.74, 6) is 0. The van der Waals surface area contributed by atoms with Gasteiger partial charge in [0.25, 0.3) is 0 Å². The third-order valence-electron chi connectivity index (χ3n) is 2.68. The van der Waals surface area contributed by atoms with Gasteiger partial charge in [-0.05, 0) is 39.2 Å². The molecule has 18 heavy (non-hydrogen) atoms. The van der Waals surface area contributed by atoms with Crippen LogP contribution in [0.5, 0.6) is 0 Å². The molecule has 0 aromatic carbocycles. The van der Waals surface area contributed by atoms with Crippen LogP contribution in [0.1, 0.15) is 39.0 Å². The van der Waals surface area contributed by atoms with E-state index >= 15 is 0 Å². The van der Waals surface area contributed by atoms with E-state index in [9.17, 15) is 13.2 Å². The smallest absolute Gasteiger partial charge is 0.389 e. The van der Waals surface area contributed by atoms with Gasteiger partial charge in [-0.15, -0.1) is 0 Å². The van der Waals surface area contributed by atoms with Crippen LogP contribution in [0.2, 0.25) is 0 Å². The second kappa shape index (κ2) is 9.03. The molecule has 0 amide bonds. The van der Waals surface area contributed by atoms with Crippen molar-refractivity contribution in [2.75, 3.05) is 13.1 Å². The van der Waals surface area contributed by atoms with Gasteiger partial charge in [-0.25, -0.2) is 0 Å². The highest BCUT2D eigenvalue weighted by Gasteiger charge is 2.31. The van der Waals surface area contributed by atoms with Gasteiger partial charge >= 0.3 is 6.18 Å². The lowest BCUT2D eigenvalue weighted by atomic mass is 10.1. The Labute approximate surface area is 107 Å². The third-order valence-corrected chi connectivity index (χ3v) is 2.68. The zero-order valence-electron chi connectivity index (χ0n) is 10.9. The predicted molar refractivity (Wildman–Crippen MR) is 69.1 cm³/mol. The van der Waals surface area contributed by atoms with Crippen molar-refractivity contribution in [1.29, 1.82) is 0 Å². The molecule has 0 bridgehead atoms. The van der Waals surface area contributed by atoms with Gasteiger partial charge in [-0.3, -0.25) is 0 Å². The van der Waals surface area contributed by atoms with E-state index in [0.29, 0.717) is 13.0 Å². The van der Waals surface area contributed by atoms with Crippen molar-refractivity contribution in [3.8, 4) is 0 Å². The fourth-order valence-electron chi connectivity index (χ4n) is 1.46. The molecule has 0 radical (unpaired) electrons. The summed E-state index contributed by atoms with van der Waals surface area (Å²) < 4.78 is 36.7. The van der Waals surface area contributed by atoms with E-state index in [1.54, 1.807) is 0 Å². The Hall–Kier alpha value is -0.970. The Morgan fingerprint density at radius 3 is 2.39 bits per heavy atom. The summed E-state index contributed by atoms with van der Waals surface area (Å²) in [4.78, 5) is 0. The molecular formula is C13H23F3N2. The molecule has 0 spiro atoms. The first-order valence-corrected chi connectivity index (χ1v) is 6.26. The number of nitrogens with two attached hydrogens (primary N) is 1. The van der Waals surface area contributed by atoms with Gasteiger partial charge in [-0.1, -0.05) is 19.1 Å². The second-order valence-electron chi connectivity index (χ2n) is 4.19. The van der Waals surface area contributed by atoms with E-state index in [1.807, 2.05) is 13.0 Å². The van der Waals surface area contributed by atoms with E-state index in [2.05, 4.69) is 11.9 Å². The summed E-state index contributed by atoms with van der Waals surface area (Å²) in [6, 6.07) is 0. The van der Waals surface area contributed by atoms with Crippen molar-refractivity contribution >= 4 is 0 Å². The maximum atomic E-state index is 12.2. The number of alkyl halides is 3. The van der Waals surface area contributed by atoms with Crippen LogP contribution in [0.15, 0.2) is 23.9 Å². The number of rotatable bonds is 9. The first-order chi connectivity index (χ1) is 8.41. The van der Waals surface area contributed by atoms with Crippen LogP contribution in [0, 0.1) is 0 Å². The fourth-order valence-corrected chi connectivity index (χ4v) is 1.46. The molecule has 0 unspecified atom stereocenters. The summed E-state index contributed by atoms with van der Waals surface area (Å²) in [5.41, 5.74) is 5.54. The minimum Gasteiger partial charge on any atom is -0.389 e. The van der Waals surface area contributed by atoms with Gasteiger partial charge in [0.05, 0.1) is 0 Å². The first kappa shape index (κ1) is 17.0. The van der Waals surface area contributed by atoms with Gasteiger partial charge in [0, 0.05) is 17.8 Å². The molecule has 3 N–H and O–H groups in total. The second-order valence-corrected chi connectivity index (χ2v) is 4.19. The molecule has 0 aliphatic carbocycles. The summed E-state index contributed by atoms with van der Waals surface area (Å²) in [5, 5.41) is 3.15. The highest BCUT2D eigenvalue weighted by atomic mass is 19.4. The van der Waals surface area contributed by atoms with E-state index in [-0.39, 0.29) is 6.42 Å². The summed E-state index contributed by atoms with van der Waals surface area (Å²) in [6.45, 7) is 6.34. The molecule has 0 aromatic rings. The molecule has 0 saturated heterocycles. The van der Waals surface area contributed by atoms with Gasteiger partial charge in [0.2, 0.25) is 0 Å². The lowest BCUT2D eigenvalue weighted by molar-refractivity contribution is -0.0935. The minimum atomic E-state index is -4.28. The SMILES string of the molecule is C=C(CC/C(=C\C)NCCCCCN)C(F)(F)F. The van der Waals surface area contributed by atoms with Crippen molar-refractivity contribution in [3.05, 3.63) is 23.9 Å². The molecular weight excluding hydrogens is 241 g/mol. The van der Waals surface area contributed by atoms with Crippen LogP contribution in [-0.4, -0.2) is 19.3 Å². The van der Waals surface area contributed by atoms with Crippen LogP contribution in [0.25, 0.3) is 0 Å². The van der Waals surface area contributed by atoms with Crippen molar-refractivity contribution in [3.63, 3.8) is 0 Å². The van der Waals surface area contributed by atoms with Gasteiger partial charge in [-0.2, -0.15) is 13.2 Å². The van der Waals surface area contributed by atoms with Gasteiger partial charge in [0.15, 0.2) is 0 Å². The number of unbranched alkanes of at least 4 members (excludes halogenated alkanes) is 2. The number of halogens is 3. The van der Waals surface area contributed by atoms with Crippen LogP contribution in [0.3, 0.4) is 0 Å². The maximum absolute atomic E-state index is 12.2. The molecule has 0 atom stereocenters. The first-order valence-electron chi connectivity index (χ1n) is 6.26. The Kier molecular flexibility index (Phi) is 8.54. The maximum Gasteiger partial charge on any atom is 0.412 e. The fraction of sp³-hybridized carbons (Fsp3) is 0.692. The quantitative estimate of drug-likeness (QED) is 0.494. The number of hydrogen-bond donors (Lipinski definition) is 2. The van der Waals surface area contributed by atoms with Crippen molar-refractivity contribution in [2.24, 2.45) is 5.73 Å². The van der Waals surface area contributed by atoms with Crippen LogP contribution < -0.4 is 11.1 Å². The lowest BCUT2D eigenvalue weighted by Gasteiger charge is -2.13. The number of allylic oxidation sites excluding steroid dienone is 3. The van der Waals surface area contributed by atoms with Crippen molar-refractivity contribution in [2.45, 2.75) is 45.2 Å². The molecule has 0 rings (SSSR count). The zero-order chi connectivity index (χ0) is 14.0. The Morgan fingerprint density at radius 2 is 1.89 bits per heavy atom. The molecule has 106 valence electrons. The summed E-state index contributed by atoms with van der Waals surface area (Å²) in [6.07, 6.45) is 0.833. The van der Waals surface area contributed by atoms with Gasteiger partial charge in [0.1, 0.15) is 0 Å².